The number of carboxylic acid groups (broad SMARTS) is 1. The molecule has 0 radical (unpaired) electrons. The van der Waals surface area contributed by atoms with E-state index in [0.717, 1.165) is 0 Å². The molecule has 0 aliphatic rings. The smallest absolute Gasteiger partial charge is 0.309 e. The molecule has 3 nitrogen and oxygen atoms in total. The second kappa shape index (κ2) is 5.27. The number of rotatable bonds is 5. The lowest BCUT2D eigenvalue weighted by Gasteiger charge is -2.29. The van der Waals surface area contributed by atoms with E-state index >= 15 is 0 Å². The second-order valence-electron chi connectivity index (χ2n) is 4.42. The zero-order valence-corrected chi connectivity index (χ0v) is 9.98. The highest BCUT2D eigenvalue weighted by Gasteiger charge is 2.36. The van der Waals surface area contributed by atoms with Crippen molar-refractivity contribution in [2.45, 2.75) is 32.3 Å². The first-order valence-electron chi connectivity index (χ1n) is 5.57. The SMILES string of the molecule is CCC(C(=O)O)C(C)(O)Cc1ccccc1F. The quantitative estimate of drug-likeness (QED) is 0.829. The second-order valence-corrected chi connectivity index (χ2v) is 4.42. The van der Waals surface area contributed by atoms with Gasteiger partial charge in [-0.05, 0) is 25.0 Å². The van der Waals surface area contributed by atoms with Gasteiger partial charge < -0.3 is 10.2 Å². The van der Waals surface area contributed by atoms with Crippen LogP contribution in [0.15, 0.2) is 24.3 Å². The van der Waals surface area contributed by atoms with E-state index in [1.807, 2.05) is 0 Å². The van der Waals surface area contributed by atoms with E-state index < -0.39 is 23.3 Å². The van der Waals surface area contributed by atoms with Crippen molar-refractivity contribution < 1.29 is 19.4 Å². The molecular weight excluding hydrogens is 223 g/mol. The largest absolute Gasteiger partial charge is 0.481 e. The maximum Gasteiger partial charge on any atom is 0.309 e. The summed E-state index contributed by atoms with van der Waals surface area (Å²) in [6.45, 7) is 3.12. The van der Waals surface area contributed by atoms with Gasteiger partial charge in [-0.15, -0.1) is 0 Å². The maximum absolute atomic E-state index is 13.4. The summed E-state index contributed by atoms with van der Waals surface area (Å²) in [6, 6.07) is 6.07. The molecule has 0 aliphatic carbocycles. The molecule has 2 unspecified atom stereocenters. The van der Waals surface area contributed by atoms with Crippen LogP contribution >= 0.6 is 0 Å². The topological polar surface area (TPSA) is 57.5 Å². The van der Waals surface area contributed by atoms with Crippen LogP contribution in [0.25, 0.3) is 0 Å². The van der Waals surface area contributed by atoms with Crippen molar-refractivity contribution in [3.05, 3.63) is 35.6 Å². The molecule has 1 aromatic carbocycles. The number of carboxylic acids is 1. The molecule has 0 aromatic heterocycles. The van der Waals surface area contributed by atoms with Gasteiger partial charge in [0, 0.05) is 6.42 Å². The Morgan fingerprint density at radius 1 is 1.47 bits per heavy atom. The molecule has 0 saturated heterocycles. The Kier molecular flexibility index (Phi) is 4.23. The molecule has 0 amide bonds. The lowest BCUT2D eigenvalue weighted by molar-refractivity contribution is -0.151. The molecular formula is C13H17FO3. The molecule has 0 bridgehead atoms. The molecule has 2 atom stereocenters. The summed E-state index contributed by atoms with van der Waals surface area (Å²) in [7, 11) is 0. The maximum atomic E-state index is 13.4. The Balaban J connectivity index is 2.92. The van der Waals surface area contributed by atoms with Gasteiger partial charge in [0.15, 0.2) is 0 Å². The van der Waals surface area contributed by atoms with E-state index in [1.54, 1.807) is 25.1 Å². The van der Waals surface area contributed by atoms with Crippen LogP contribution in [0.5, 0.6) is 0 Å². The van der Waals surface area contributed by atoms with Crippen LogP contribution in [-0.4, -0.2) is 21.8 Å². The first kappa shape index (κ1) is 13.6. The van der Waals surface area contributed by atoms with Gasteiger partial charge in [0.05, 0.1) is 11.5 Å². The summed E-state index contributed by atoms with van der Waals surface area (Å²) >= 11 is 0. The van der Waals surface area contributed by atoms with Gasteiger partial charge >= 0.3 is 5.97 Å². The van der Waals surface area contributed by atoms with Crippen molar-refractivity contribution in [1.29, 1.82) is 0 Å². The number of benzene rings is 1. The number of aliphatic hydroxyl groups is 1. The minimum Gasteiger partial charge on any atom is -0.481 e. The lowest BCUT2D eigenvalue weighted by atomic mass is 9.82. The Bertz CT molecular complexity index is 401. The number of hydrogen-bond donors (Lipinski definition) is 2. The molecule has 0 heterocycles. The van der Waals surface area contributed by atoms with Gasteiger partial charge in [-0.2, -0.15) is 0 Å². The minimum atomic E-state index is -1.46. The summed E-state index contributed by atoms with van der Waals surface area (Å²) in [5.74, 6) is -2.39. The molecule has 0 aliphatic heterocycles. The highest BCUT2D eigenvalue weighted by molar-refractivity contribution is 5.71. The number of halogens is 1. The average Bonchev–Trinajstić information content (AvgIpc) is 2.21. The van der Waals surface area contributed by atoms with Crippen LogP contribution in [0, 0.1) is 11.7 Å². The molecule has 1 aromatic rings. The van der Waals surface area contributed by atoms with Gasteiger partial charge in [-0.1, -0.05) is 25.1 Å². The van der Waals surface area contributed by atoms with Gasteiger partial charge in [0.1, 0.15) is 5.82 Å². The molecule has 94 valence electrons. The van der Waals surface area contributed by atoms with Crippen LogP contribution < -0.4 is 0 Å². The third kappa shape index (κ3) is 3.27. The molecule has 1 rings (SSSR count). The van der Waals surface area contributed by atoms with E-state index in [-0.39, 0.29) is 6.42 Å². The lowest BCUT2D eigenvalue weighted by Crippen LogP contribution is -2.41. The number of aliphatic carboxylic acids is 1. The predicted molar refractivity (Wildman–Crippen MR) is 62.1 cm³/mol. The first-order valence-corrected chi connectivity index (χ1v) is 5.57. The van der Waals surface area contributed by atoms with E-state index in [1.165, 1.54) is 13.0 Å². The average molecular weight is 240 g/mol. The minimum absolute atomic E-state index is 0.00944. The summed E-state index contributed by atoms with van der Waals surface area (Å²) in [5.41, 5.74) is -1.12. The van der Waals surface area contributed by atoms with Crippen molar-refractivity contribution in [2.24, 2.45) is 5.92 Å². The van der Waals surface area contributed by atoms with Gasteiger partial charge in [-0.3, -0.25) is 4.79 Å². The van der Waals surface area contributed by atoms with E-state index in [0.29, 0.717) is 12.0 Å². The number of hydrogen-bond acceptors (Lipinski definition) is 2. The molecule has 0 fully saturated rings. The zero-order chi connectivity index (χ0) is 13.1. The fourth-order valence-electron chi connectivity index (χ4n) is 2.03. The standard InChI is InChI=1S/C13H17FO3/c1-3-10(12(15)16)13(2,17)8-9-6-4-5-7-11(9)14/h4-7,10,17H,3,8H2,1-2H3,(H,15,16). The van der Waals surface area contributed by atoms with Gasteiger partial charge in [0.25, 0.3) is 0 Å². The molecule has 2 N–H and O–H groups in total. The van der Waals surface area contributed by atoms with Crippen molar-refractivity contribution in [2.75, 3.05) is 0 Å². The third-order valence-corrected chi connectivity index (χ3v) is 2.96. The van der Waals surface area contributed by atoms with E-state index in [2.05, 4.69) is 0 Å². The normalized spacial score (nSPS) is 16.2. The van der Waals surface area contributed by atoms with Gasteiger partial charge in [-0.25, -0.2) is 4.39 Å². The van der Waals surface area contributed by atoms with E-state index in [9.17, 15) is 14.3 Å². The highest BCUT2D eigenvalue weighted by Crippen LogP contribution is 2.26. The predicted octanol–water partition coefficient (Wildman–Crippen LogP) is 2.23. The first-order chi connectivity index (χ1) is 7.88. The van der Waals surface area contributed by atoms with Crippen molar-refractivity contribution in [3.63, 3.8) is 0 Å². The van der Waals surface area contributed by atoms with Crippen LogP contribution in [0.1, 0.15) is 25.8 Å². The van der Waals surface area contributed by atoms with Crippen molar-refractivity contribution in [1.82, 2.24) is 0 Å². The van der Waals surface area contributed by atoms with E-state index in [4.69, 9.17) is 5.11 Å². The number of carbonyl (C=O) groups is 1. The summed E-state index contributed by atoms with van der Waals surface area (Å²) in [4.78, 5) is 11.0. The van der Waals surface area contributed by atoms with Crippen LogP contribution in [0.4, 0.5) is 4.39 Å². The Labute approximate surface area is 99.9 Å². The van der Waals surface area contributed by atoms with Crippen molar-refractivity contribution >= 4 is 5.97 Å². The molecule has 4 heteroatoms. The molecule has 0 saturated carbocycles. The third-order valence-electron chi connectivity index (χ3n) is 2.96. The fourth-order valence-corrected chi connectivity index (χ4v) is 2.03. The molecule has 17 heavy (non-hydrogen) atoms. The summed E-state index contributed by atoms with van der Waals surface area (Å²) in [5, 5.41) is 19.2. The van der Waals surface area contributed by atoms with Crippen LogP contribution in [-0.2, 0) is 11.2 Å². The van der Waals surface area contributed by atoms with Crippen LogP contribution in [0.2, 0.25) is 0 Å². The highest BCUT2D eigenvalue weighted by atomic mass is 19.1. The molecule has 0 spiro atoms. The monoisotopic (exact) mass is 240 g/mol. The van der Waals surface area contributed by atoms with Gasteiger partial charge in [0.2, 0.25) is 0 Å². The fraction of sp³-hybridized carbons (Fsp3) is 0.462. The Morgan fingerprint density at radius 2 is 2.06 bits per heavy atom. The zero-order valence-electron chi connectivity index (χ0n) is 9.98. The summed E-state index contributed by atoms with van der Waals surface area (Å²) < 4.78 is 13.4. The van der Waals surface area contributed by atoms with Crippen molar-refractivity contribution in [3.8, 4) is 0 Å². The Morgan fingerprint density at radius 3 is 2.53 bits per heavy atom. The summed E-state index contributed by atoms with van der Waals surface area (Å²) in [6.07, 6.45) is 0.293. The Hall–Kier alpha value is -1.42. The van der Waals surface area contributed by atoms with Crippen LogP contribution in [0.3, 0.4) is 0 Å².